The number of aryl methyl sites for hydroxylation is 1. The summed E-state index contributed by atoms with van der Waals surface area (Å²) in [5.41, 5.74) is 11.8. The highest BCUT2D eigenvalue weighted by atomic mass is 35.5. The third-order valence-electron chi connectivity index (χ3n) is 9.71. The number of rotatable bonds is 16. The predicted molar refractivity (Wildman–Crippen MR) is 224 cm³/mol. The average molecular weight is 767 g/mol. The molecule has 1 saturated carbocycles. The summed E-state index contributed by atoms with van der Waals surface area (Å²) in [4.78, 5) is 16.2. The van der Waals surface area contributed by atoms with Crippen molar-refractivity contribution >= 4 is 52.4 Å². The summed E-state index contributed by atoms with van der Waals surface area (Å²) in [6.45, 7) is 4.31. The van der Waals surface area contributed by atoms with Crippen LogP contribution in [0.5, 0.6) is 11.5 Å². The van der Waals surface area contributed by atoms with Crippen LogP contribution in [-0.2, 0) is 23.2 Å². The van der Waals surface area contributed by atoms with E-state index in [0.29, 0.717) is 11.6 Å². The Morgan fingerprint density at radius 2 is 1.70 bits per heavy atom. The fourth-order valence-electron chi connectivity index (χ4n) is 6.56. The summed E-state index contributed by atoms with van der Waals surface area (Å²) in [5, 5.41) is 22.1. The van der Waals surface area contributed by atoms with E-state index in [1.165, 1.54) is 11.1 Å². The van der Waals surface area contributed by atoms with Crippen LogP contribution in [0.4, 0.5) is 0 Å². The van der Waals surface area contributed by atoms with Crippen LogP contribution in [0.1, 0.15) is 78.3 Å². The van der Waals surface area contributed by atoms with E-state index in [-0.39, 0.29) is 17.1 Å². The van der Waals surface area contributed by atoms with E-state index in [4.69, 9.17) is 31.8 Å². The molecule has 1 fully saturated rings. The maximum atomic E-state index is 11.5. The molecule has 0 amide bonds. The molecular weight excluding hydrogens is 716 g/mol. The van der Waals surface area contributed by atoms with Crippen molar-refractivity contribution < 1.29 is 24.5 Å². The topological polar surface area (TPSA) is 115 Å². The molecule has 4 aromatic carbocycles. The van der Waals surface area contributed by atoms with E-state index < -0.39 is 11.6 Å². The number of hydrogen-bond donors (Lipinski definition) is 3. The minimum absolute atomic E-state index is 0.0814. The highest BCUT2D eigenvalue weighted by Gasteiger charge is 2.44. The molecule has 1 atom stereocenters. The number of thioether (sulfide) groups is 1. The van der Waals surface area contributed by atoms with Crippen molar-refractivity contribution in [3.8, 4) is 11.5 Å². The van der Waals surface area contributed by atoms with Gasteiger partial charge in [0.05, 0.1) is 37.5 Å². The molecule has 0 aliphatic heterocycles. The van der Waals surface area contributed by atoms with E-state index >= 15 is 0 Å². The number of benzene rings is 4. The first kappa shape index (κ1) is 40.8. The molecule has 0 saturated heterocycles. The van der Waals surface area contributed by atoms with Gasteiger partial charge >= 0.3 is 5.97 Å². The molecule has 0 radical (unpaired) electrons. The van der Waals surface area contributed by atoms with Crippen LogP contribution in [0.25, 0.3) is 23.1 Å². The Labute approximate surface area is 328 Å². The molecule has 5 aromatic rings. The summed E-state index contributed by atoms with van der Waals surface area (Å²) >= 11 is 8.04. The normalized spacial score (nSPS) is 14.0. The maximum Gasteiger partial charge on any atom is 0.303 e. The van der Waals surface area contributed by atoms with Gasteiger partial charge in [-0.25, -0.2) is 4.98 Å². The number of nitrogens with zero attached hydrogens (tertiary/aromatic N) is 1. The number of carbonyl (C=O) groups is 1. The smallest absolute Gasteiger partial charge is 0.303 e. The second-order valence-corrected chi connectivity index (χ2v) is 16.1. The molecule has 1 aliphatic carbocycles. The SMILES string of the molecule is CC(C)(O)c1ccccc1CC[C@@H](SCC1(CC(=O)O)CC1)c1cccc(/C=C/c2ccc3ccc(Cl)cc3n2)c1.COc1ccc(CCN)cc1OC. The number of carboxylic acid groups (broad SMARTS) is 1. The molecule has 1 aromatic heterocycles. The largest absolute Gasteiger partial charge is 0.493 e. The minimum atomic E-state index is -0.911. The van der Waals surface area contributed by atoms with Crippen LogP contribution in [-0.4, -0.2) is 47.7 Å². The van der Waals surface area contributed by atoms with Crippen molar-refractivity contribution in [2.24, 2.45) is 11.1 Å². The molecule has 54 heavy (non-hydrogen) atoms. The zero-order valence-electron chi connectivity index (χ0n) is 31.6. The molecule has 284 valence electrons. The second-order valence-electron chi connectivity index (χ2n) is 14.4. The lowest BCUT2D eigenvalue weighted by molar-refractivity contribution is -0.138. The molecule has 7 nitrogen and oxygen atoms in total. The van der Waals surface area contributed by atoms with Crippen LogP contribution in [0.15, 0.2) is 97.1 Å². The molecule has 6 rings (SSSR count). The third kappa shape index (κ3) is 11.6. The fraction of sp³-hybridized carbons (Fsp3) is 0.333. The lowest BCUT2D eigenvalue weighted by Gasteiger charge is -2.24. The molecular formula is C45H51ClN2O5S. The van der Waals surface area contributed by atoms with Gasteiger partial charge < -0.3 is 25.4 Å². The highest BCUT2D eigenvalue weighted by molar-refractivity contribution is 7.99. The number of aromatic nitrogens is 1. The van der Waals surface area contributed by atoms with Gasteiger partial charge in [-0.3, -0.25) is 4.79 Å². The molecule has 0 unspecified atom stereocenters. The number of carboxylic acids is 1. The van der Waals surface area contributed by atoms with E-state index in [0.717, 1.165) is 82.6 Å². The Kier molecular flexibility index (Phi) is 14.2. The summed E-state index contributed by atoms with van der Waals surface area (Å²) in [5.74, 6) is 1.63. The van der Waals surface area contributed by atoms with Crippen LogP contribution in [0.3, 0.4) is 0 Å². The number of pyridine rings is 1. The van der Waals surface area contributed by atoms with E-state index in [1.54, 1.807) is 14.2 Å². The molecule has 0 spiro atoms. The Balaban J connectivity index is 0.000000365. The number of aliphatic hydroxyl groups is 1. The Morgan fingerprint density at radius 3 is 2.41 bits per heavy atom. The van der Waals surface area contributed by atoms with Crippen molar-refractivity contribution in [1.29, 1.82) is 0 Å². The van der Waals surface area contributed by atoms with Gasteiger partial charge in [0, 0.05) is 21.4 Å². The van der Waals surface area contributed by atoms with Gasteiger partial charge in [0.15, 0.2) is 11.5 Å². The fourth-order valence-corrected chi connectivity index (χ4v) is 8.30. The summed E-state index contributed by atoms with van der Waals surface area (Å²) in [6, 6.07) is 32.3. The van der Waals surface area contributed by atoms with Crippen LogP contribution in [0, 0.1) is 5.41 Å². The summed E-state index contributed by atoms with van der Waals surface area (Å²) in [6.07, 6.45) is 8.88. The number of fused-ring (bicyclic) bond motifs is 1. The standard InChI is InChI=1S/C35H36ClNO3S.C10H15NO2/c1-34(2,40)30-9-4-3-7-25(30)13-17-32(41-23-35(18-19-35)22-33(38)39)27-8-5-6-24(20-27)10-15-29-16-12-26-11-14-28(36)21-31(26)37-29;1-12-9-4-3-8(5-6-11)7-10(9)13-2/h3-12,14-16,20-21,32,40H,13,17-19,22-23H2,1-2H3,(H,38,39);3-4,7H,5-6,11H2,1-2H3/b15-10+;/t32-;/m1./s1. The van der Waals surface area contributed by atoms with E-state index in [1.807, 2.05) is 92.3 Å². The summed E-state index contributed by atoms with van der Waals surface area (Å²) < 4.78 is 10.3. The van der Waals surface area contributed by atoms with Gasteiger partial charge in [-0.1, -0.05) is 84.4 Å². The van der Waals surface area contributed by atoms with E-state index in [9.17, 15) is 15.0 Å². The van der Waals surface area contributed by atoms with Gasteiger partial charge in [0.1, 0.15) is 0 Å². The van der Waals surface area contributed by atoms with Gasteiger partial charge in [-0.2, -0.15) is 11.8 Å². The predicted octanol–water partition coefficient (Wildman–Crippen LogP) is 10.2. The highest BCUT2D eigenvalue weighted by Crippen LogP contribution is 2.53. The zero-order chi connectivity index (χ0) is 38.7. The van der Waals surface area contributed by atoms with Gasteiger partial charge in [-0.15, -0.1) is 0 Å². The second kappa shape index (κ2) is 18.8. The van der Waals surface area contributed by atoms with Crippen molar-refractivity contribution in [3.63, 3.8) is 0 Å². The Bertz CT molecular complexity index is 2060. The number of halogens is 1. The van der Waals surface area contributed by atoms with Crippen molar-refractivity contribution in [1.82, 2.24) is 4.98 Å². The lowest BCUT2D eigenvalue weighted by Crippen LogP contribution is -2.18. The van der Waals surface area contributed by atoms with Gasteiger partial charge in [0.2, 0.25) is 0 Å². The molecule has 4 N–H and O–H groups in total. The Morgan fingerprint density at radius 1 is 0.944 bits per heavy atom. The molecule has 1 aliphatic rings. The van der Waals surface area contributed by atoms with E-state index in [2.05, 4.69) is 42.5 Å². The van der Waals surface area contributed by atoms with Crippen molar-refractivity contribution in [2.75, 3.05) is 26.5 Å². The number of aliphatic carboxylic acids is 1. The van der Waals surface area contributed by atoms with Crippen molar-refractivity contribution in [3.05, 3.63) is 136 Å². The van der Waals surface area contributed by atoms with Crippen molar-refractivity contribution in [2.45, 2.75) is 63.2 Å². The first-order valence-corrected chi connectivity index (χ1v) is 19.7. The summed E-state index contributed by atoms with van der Waals surface area (Å²) in [7, 11) is 3.25. The Hall–Kier alpha value is -4.34. The number of hydrogen-bond acceptors (Lipinski definition) is 7. The van der Waals surface area contributed by atoms with Crippen LogP contribution in [0.2, 0.25) is 5.02 Å². The minimum Gasteiger partial charge on any atom is -0.493 e. The number of ether oxygens (including phenoxy) is 2. The van der Waals surface area contributed by atoms with Gasteiger partial charge in [-0.05, 0) is 122 Å². The van der Waals surface area contributed by atoms with Gasteiger partial charge in [0.25, 0.3) is 0 Å². The maximum absolute atomic E-state index is 11.5. The third-order valence-corrected chi connectivity index (χ3v) is 11.6. The zero-order valence-corrected chi connectivity index (χ0v) is 33.1. The molecule has 1 heterocycles. The quantitative estimate of drug-likeness (QED) is 0.0909. The number of nitrogens with two attached hydrogens (primary N) is 1. The first-order chi connectivity index (χ1) is 25.9. The first-order valence-electron chi connectivity index (χ1n) is 18.3. The van der Waals surface area contributed by atoms with Crippen LogP contribution >= 0.6 is 23.4 Å². The average Bonchev–Trinajstić information content (AvgIpc) is 3.92. The monoisotopic (exact) mass is 766 g/mol. The lowest BCUT2D eigenvalue weighted by atomic mass is 9.90. The molecule has 9 heteroatoms. The number of methoxy groups -OCH3 is 2. The van der Waals surface area contributed by atoms with Crippen LogP contribution < -0.4 is 15.2 Å². The molecule has 0 bridgehead atoms.